The van der Waals surface area contributed by atoms with Gasteiger partial charge in [-0.1, -0.05) is 6.92 Å². The summed E-state index contributed by atoms with van der Waals surface area (Å²) in [4.78, 5) is 14.6. The first-order valence-electron chi connectivity index (χ1n) is 6.88. The van der Waals surface area contributed by atoms with Crippen LogP contribution in [0.25, 0.3) is 0 Å². The van der Waals surface area contributed by atoms with Crippen molar-refractivity contribution in [2.24, 2.45) is 5.73 Å². The lowest BCUT2D eigenvalue weighted by atomic mass is 10.0. The molecule has 0 atom stereocenters. The van der Waals surface area contributed by atoms with Crippen molar-refractivity contribution in [1.82, 2.24) is 9.47 Å². The first kappa shape index (κ1) is 13.3. The molecule has 2 rings (SSSR count). The van der Waals surface area contributed by atoms with Crippen LogP contribution in [0.4, 0.5) is 0 Å². The molecule has 0 unspecified atom stereocenters. The number of rotatable bonds is 4. The zero-order valence-corrected chi connectivity index (χ0v) is 11.4. The van der Waals surface area contributed by atoms with Gasteiger partial charge in [0, 0.05) is 43.9 Å². The van der Waals surface area contributed by atoms with Gasteiger partial charge < -0.3 is 10.3 Å². The van der Waals surface area contributed by atoms with Crippen LogP contribution in [0.2, 0.25) is 0 Å². The largest absolute Gasteiger partial charge is 0.326 e. The Labute approximate surface area is 108 Å². The Morgan fingerprint density at radius 1 is 1.39 bits per heavy atom. The molecule has 0 aromatic carbocycles. The lowest BCUT2D eigenvalue weighted by molar-refractivity contribution is 0.249. The number of hydrogen-bond acceptors (Lipinski definition) is 3. The van der Waals surface area contributed by atoms with E-state index >= 15 is 0 Å². The molecule has 1 aliphatic rings. The number of hydrogen-bond donors (Lipinski definition) is 1. The summed E-state index contributed by atoms with van der Waals surface area (Å²) in [5.41, 5.74) is 9.02. The molecule has 18 heavy (non-hydrogen) atoms. The van der Waals surface area contributed by atoms with E-state index in [9.17, 15) is 4.79 Å². The molecule has 100 valence electrons. The Kier molecular flexibility index (Phi) is 4.19. The lowest BCUT2D eigenvalue weighted by Gasteiger charge is -2.30. The standard InChI is InChI=1S/C14H23N3O/c1-3-6-16-7-5-13-12(10-16)8-11(9-15)14(18)17(13)4-2/h8H,3-7,9-10,15H2,1-2H3. The van der Waals surface area contributed by atoms with E-state index in [0.29, 0.717) is 6.54 Å². The van der Waals surface area contributed by atoms with Gasteiger partial charge >= 0.3 is 0 Å². The van der Waals surface area contributed by atoms with E-state index in [2.05, 4.69) is 11.8 Å². The van der Waals surface area contributed by atoms with Crippen LogP contribution >= 0.6 is 0 Å². The predicted octanol–water partition coefficient (Wildman–Crippen LogP) is 1.10. The molecule has 0 bridgehead atoms. The molecular formula is C14H23N3O. The maximum atomic E-state index is 12.2. The van der Waals surface area contributed by atoms with Gasteiger partial charge in [-0.05, 0) is 31.5 Å². The van der Waals surface area contributed by atoms with Crippen LogP contribution in [0.5, 0.6) is 0 Å². The van der Waals surface area contributed by atoms with E-state index in [1.807, 2.05) is 17.6 Å². The second-order valence-corrected chi connectivity index (χ2v) is 4.92. The SMILES string of the molecule is CCCN1CCc2c(cc(CN)c(=O)n2CC)C1. The summed E-state index contributed by atoms with van der Waals surface area (Å²) in [6, 6.07) is 2.02. The van der Waals surface area contributed by atoms with Gasteiger partial charge in [-0.25, -0.2) is 0 Å². The number of fused-ring (bicyclic) bond motifs is 1. The molecule has 1 aliphatic heterocycles. The topological polar surface area (TPSA) is 51.3 Å². The summed E-state index contributed by atoms with van der Waals surface area (Å²) in [6.45, 7) is 8.44. The van der Waals surface area contributed by atoms with Gasteiger partial charge in [0.25, 0.3) is 5.56 Å². The van der Waals surface area contributed by atoms with Gasteiger partial charge in [-0.3, -0.25) is 9.69 Å². The van der Waals surface area contributed by atoms with Crippen LogP contribution in [0.1, 0.15) is 37.1 Å². The Morgan fingerprint density at radius 2 is 2.17 bits per heavy atom. The van der Waals surface area contributed by atoms with E-state index in [1.54, 1.807) is 0 Å². The molecule has 1 aromatic rings. The summed E-state index contributed by atoms with van der Waals surface area (Å²) in [5, 5.41) is 0. The minimum Gasteiger partial charge on any atom is -0.326 e. The van der Waals surface area contributed by atoms with E-state index in [1.165, 1.54) is 17.7 Å². The number of nitrogens with zero attached hydrogens (tertiary/aromatic N) is 2. The minimum absolute atomic E-state index is 0.0997. The van der Waals surface area contributed by atoms with E-state index < -0.39 is 0 Å². The van der Waals surface area contributed by atoms with E-state index in [-0.39, 0.29) is 5.56 Å². The van der Waals surface area contributed by atoms with Crippen LogP contribution in [-0.2, 0) is 26.1 Å². The molecule has 0 aliphatic carbocycles. The van der Waals surface area contributed by atoms with Crippen molar-refractivity contribution in [2.45, 2.75) is 46.3 Å². The first-order chi connectivity index (χ1) is 8.71. The zero-order chi connectivity index (χ0) is 13.1. The third-order valence-electron chi connectivity index (χ3n) is 3.70. The van der Waals surface area contributed by atoms with Gasteiger partial charge in [0.2, 0.25) is 0 Å². The van der Waals surface area contributed by atoms with E-state index in [0.717, 1.165) is 38.2 Å². The third-order valence-corrected chi connectivity index (χ3v) is 3.70. The van der Waals surface area contributed by atoms with Crippen molar-refractivity contribution in [3.8, 4) is 0 Å². The second kappa shape index (κ2) is 5.67. The Morgan fingerprint density at radius 3 is 2.78 bits per heavy atom. The van der Waals surface area contributed by atoms with Crippen molar-refractivity contribution >= 4 is 0 Å². The molecule has 0 saturated heterocycles. The fourth-order valence-corrected chi connectivity index (χ4v) is 2.83. The second-order valence-electron chi connectivity index (χ2n) is 4.92. The fraction of sp³-hybridized carbons (Fsp3) is 0.643. The molecule has 2 heterocycles. The Hall–Kier alpha value is -1.13. The molecule has 0 spiro atoms. The maximum Gasteiger partial charge on any atom is 0.255 e. The van der Waals surface area contributed by atoms with Crippen molar-refractivity contribution in [3.63, 3.8) is 0 Å². The van der Waals surface area contributed by atoms with E-state index in [4.69, 9.17) is 5.73 Å². The molecule has 4 heteroatoms. The molecule has 1 aromatic heterocycles. The highest BCUT2D eigenvalue weighted by atomic mass is 16.1. The van der Waals surface area contributed by atoms with Gasteiger partial charge in [0.1, 0.15) is 0 Å². The summed E-state index contributed by atoms with van der Waals surface area (Å²) in [5.74, 6) is 0. The summed E-state index contributed by atoms with van der Waals surface area (Å²) < 4.78 is 1.90. The van der Waals surface area contributed by atoms with Crippen LogP contribution in [-0.4, -0.2) is 22.6 Å². The highest BCUT2D eigenvalue weighted by molar-refractivity contribution is 5.29. The molecule has 0 saturated carbocycles. The summed E-state index contributed by atoms with van der Waals surface area (Å²) in [6.07, 6.45) is 2.15. The van der Waals surface area contributed by atoms with Gasteiger partial charge in [0.05, 0.1) is 0 Å². The molecule has 0 amide bonds. The first-order valence-corrected chi connectivity index (χ1v) is 6.88. The highest BCUT2D eigenvalue weighted by Crippen LogP contribution is 2.18. The van der Waals surface area contributed by atoms with Crippen molar-refractivity contribution < 1.29 is 0 Å². The van der Waals surface area contributed by atoms with Crippen molar-refractivity contribution in [3.05, 3.63) is 33.2 Å². The minimum atomic E-state index is 0.0997. The number of pyridine rings is 1. The Bertz CT molecular complexity index is 479. The normalized spacial score (nSPS) is 15.7. The average molecular weight is 249 g/mol. The zero-order valence-electron chi connectivity index (χ0n) is 11.4. The lowest BCUT2D eigenvalue weighted by Crippen LogP contribution is -2.37. The maximum absolute atomic E-state index is 12.2. The molecule has 2 N–H and O–H groups in total. The van der Waals surface area contributed by atoms with Crippen LogP contribution < -0.4 is 11.3 Å². The third kappa shape index (κ3) is 2.35. The predicted molar refractivity (Wildman–Crippen MR) is 73.5 cm³/mol. The smallest absolute Gasteiger partial charge is 0.255 e. The highest BCUT2D eigenvalue weighted by Gasteiger charge is 2.20. The van der Waals surface area contributed by atoms with Crippen molar-refractivity contribution in [2.75, 3.05) is 13.1 Å². The van der Waals surface area contributed by atoms with Crippen molar-refractivity contribution in [1.29, 1.82) is 0 Å². The quantitative estimate of drug-likeness (QED) is 0.869. The average Bonchev–Trinajstić information content (AvgIpc) is 2.38. The van der Waals surface area contributed by atoms with Crippen LogP contribution in [0.3, 0.4) is 0 Å². The van der Waals surface area contributed by atoms with Crippen LogP contribution in [0, 0.1) is 0 Å². The van der Waals surface area contributed by atoms with Gasteiger partial charge in [-0.2, -0.15) is 0 Å². The van der Waals surface area contributed by atoms with Gasteiger partial charge in [-0.15, -0.1) is 0 Å². The van der Waals surface area contributed by atoms with Crippen LogP contribution in [0.15, 0.2) is 10.9 Å². The summed E-state index contributed by atoms with van der Waals surface area (Å²) in [7, 11) is 0. The fourth-order valence-electron chi connectivity index (χ4n) is 2.83. The molecule has 0 fully saturated rings. The molecule has 0 radical (unpaired) electrons. The van der Waals surface area contributed by atoms with Gasteiger partial charge in [0.15, 0.2) is 0 Å². The number of nitrogens with two attached hydrogens (primary N) is 1. The Balaban J connectivity index is 2.42. The monoisotopic (exact) mass is 249 g/mol. The molecule has 4 nitrogen and oxygen atoms in total. The number of aromatic nitrogens is 1. The molecular weight excluding hydrogens is 226 g/mol. The summed E-state index contributed by atoms with van der Waals surface area (Å²) >= 11 is 0.